The van der Waals surface area contributed by atoms with Gasteiger partial charge < -0.3 is 20.9 Å². The first-order chi connectivity index (χ1) is 11.9. The highest BCUT2D eigenvalue weighted by Gasteiger charge is 2.11. The minimum absolute atomic E-state index is 0.0129. The van der Waals surface area contributed by atoms with E-state index in [0.29, 0.717) is 5.69 Å². The van der Waals surface area contributed by atoms with Crippen LogP contribution in [0.4, 0.5) is 5.69 Å². The Labute approximate surface area is 146 Å². The van der Waals surface area contributed by atoms with Gasteiger partial charge in [0.05, 0.1) is 11.9 Å². The molecule has 1 amide bonds. The maximum Gasteiger partial charge on any atom is 0.254 e. The fraction of sp³-hybridized carbons (Fsp3) is 0.222. The molecule has 132 valence electrons. The molecule has 1 heterocycles. The van der Waals surface area contributed by atoms with E-state index in [9.17, 15) is 9.90 Å². The predicted octanol–water partition coefficient (Wildman–Crippen LogP) is 2.95. The van der Waals surface area contributed by atoms with Crippen molar-refractivity contribution in [3.63, 3.8) is 0 Å². The van der Waals surface area contributed by atoms with Crippen LogP contribution >= 0.6 is 0 Å². The molecule has 1 aromatic heterocycles. The van der Waals surface area contributed by atoms with E-state index >= 15 is 0 Å². The lowest BCUT2D eigenvalue weighted by Crippen LogP contribution is -2.13. The number of nitrogens with zero attached hydrogens (tertiary/aromatic N) is 2. The minimum atomic E-state index is -0.421. The quantitative estimate of drug-likeness (QED) is 0.408. The second-order valence-corrected chi connectivity index (χ2v) is 5.56. The van der Waals surface area contributed by atoms with E-state index < -0.39 is 5.91 Å². The summed E-state index contributed by atoms with van der Waals surface area (Å²) in [6.07, 6.45) is 5.86. The second-order valence-electron chi connectivity index (χ2n) is 5.56. The van der Waals surface area contributed by atoms with Gasteiger partial charge in [0.15, 0.2) is 5.88 Å². The largest absolute Gasteiger partial charge is 0.506 e. The van der Waals surface area contributed by atoms with Crippen molar-refractivity contribution < 1.29 is 14.6 Å². The topological polar surface area (TPSA) is 102 Å². The van der Waals surface area contributed by atoms with Gasteiger partial charge in [0.1, 0.15) is 12.0 Å². The highest BCUT2D eigenvalue weighted by atomic mass is 16.5. The number of aromatic nitrogens is 2. The number of aromatic hydroxyl groups is 1. The summed E-state index contributed by atoms with van der Waals surface area (Å²) in [7, 11) is 0. The Morgan fingerprint density at radius 3 is 2.92 bits per heavy atom. The van der Waals surface area contributed by atoms with Gasteiger partial charge in [-0.05, 0) is 37.6 Å². The summed E-state index contributed by atoms with van der Waals surface area (Å²) in [4.78, 5) is 12.2. The lowest BCUT2D eigenvalue weighted by atomic mass is 10.1. The number of aryl methyl sites for hydroxylation is 1. The summed E-state index contributed by atoms with van der Waals surface area (Å²) in [5.74, 6) is -0.466. The van der Waals surface area contributed by atoms with Crippen LogP contribution in [0.25, 0.3) is 11.1 Å². The van der Waals surface area contributed by atoms with E-state index in [1.807, 2.05) is 10.9 Å². The van der Waals surface area contributed by atoms with Gasteiger partial charge in [-0.25, -0.2) is 0 Å². The van der Waals surface area contributed by atoms with Crippen LogP contribution in [0.5, 0.6) is 5.75 Å². The van der Waals surface area contributed by atoms with Crippen LogP contribution in [-0.4, -0.2) is 20.8 Å². The van der Waals surface area contributed by atoms with Gasteiger partial charge in [-0.3, -0.25) is 9.48 Å². The van der Waals surface area contributed by atoms with Crippen molar-refractivity contribution in [1.82, 2.24) is 9.78 Å². The van der Waals surface area contributed by atoms with Crippen LogP contribution in [0.15, 0.2) is 54.9 Å². The van der Waals surface area contributed by atoms with E-state index in [1.165, 1.54) is 12.3 Å². The third kappa shape index (κ3) is 4.87. The zero-order valence-electron chi connectivity index (χ0n) is 14.3. The number of nitrogens with one attached hydrogen (secondary N) is 1. The first-order valence-corrected chi connectivity index (χ1v) is 7.85. The maximum atomic E-state index is 12.2. The molecule has 0 aliphatic carbocycles. The molecule has 0 saturated heterocycles. The lowest BCUT2D eigenvalue weighted by molar-refractivity contribution is -0.112. The number of amides is 1. The Morgan fingerprint density at radius 2 is 2.24 bits per heavy atom. The van der Waals surface area contributed by atoms with Crippen molar-refractivity contribution in [2.45, 2.75) is 26.8 Å². The Balaban J connectivity index is 2.19. The Morgan fingerprint density at radius 1 is 1.48 bits per heavy atom. The first-order valence-electron chi connectivity index (χ1n) is 7.85. The zero-order chi connectivity index (χ0) is 18.4. The van der Waals surface area contributed by atoms with Gasteiger partial charge in [-0.15, -0.1) is 0 Å². The summed E-state index contributed by atoms with van der Waals surface area (Å²) >= 11 is 0. The SMILES string of the molecule is C=C(N)O/C=C(\C)C(=O)Nc1cc(-c2cnn(CCC)c2)ccc1O. The van der Waals surface area contributed by atoms with Crippen LogP contribution in [0.2, 0.25) is 0 Å². The number of ether oxygens (including phenoxy) is 1. The van der Waals surface area contributed by atoms with Crippen LogP contribution in [0, 0.1) is 0 Å². The van der Waals surface area contributed by atoms with E-state index in [1.54, 1.807) is 25.3 Å². The number of hydrogen-bond acceptors (Lipinski definition) is 5. The summed E-state index contributed by atoms with van der Waals surface area (Å²) in [6, 6.07) is 4.98. The normalized spacial score (nSPS) is 11.2. The molecule has 7 nitrogen and oxygen atoms in total. The number of hydrogen-bond donors (Lipinski definition) is 3. The van der Waals surface area contributed by atoms with Gasteiger partial charge in [0.25, 0.3) is 5.91 Å². The summed E-state index contributed by atoms with van der Waals surface area (Å²) in [5.41, 5.74) is 7.60. The van der Waals surface area contributed by atoms with E-state index in [2.05, 4.69) is 23.9 Å². The molecule has 0 aliphatic heterocycles. The number of anilines is 1. The van der Waals surface area contributed by atoms with Crippen molar-refractivity contribution in [1.29, 1.82) is 0 Å². The van der Waals surface area contributed by atoms with Gasteiger partial charge >= 0.3 is 0 Å². The molecule has 25 heavy (non-hydrogen) atoms. The van der Waals surface area contributed by atoms with Gasteiger partial charge in [0, 0.05) is 23.9 Å². The fourth-order valence-corrected chi connectivity index (χ4v) is 2.12. The summed E-state index contributed by atoms with van der Waals surface area (Å²) < 4.78 is 6.75. The highest BCUT2D eigenvalue weighted by molar-refractivity contribution is 6.04. The van der Waals surface area contributed by atoms with Crippen molar-refractivity contribution in [2.75, 3.05) is 5.32 Å². The van der Waals surface area contributed by atoms with Gasteiger partial charge in [-0.1, -0.05) is 13.0 Å². The van der Waals surface area contributed by atoms with Crippen molar-refractivity contribution in [3.8, 4) is 16.9 Å². The monoisotopic (exact) mass is 342 g/mol. The molecule has 0 unspecified atom stereocenters. The van der Waals surface area contributed by atoms with E-state index in [-0.39, 0.29) is 17.2 Å². The molecule has 4 N–H and O–H groups in total. The van der Waals surface area contributed by atoms with Crippen molar-refractivity contribution in [3.05, 3.63) is 54.9 Å². The number of phenols is 1. The summed E-state index contributed by atoms with van der Waals surface area (Å²) in [6.45, 7) is 7.85. The molecule has 1 aromatic carbocycles. The molecule has 0 radical (unpaired) electrons. The minimum Gasteiger partial charge on any atom is -0.506 e. The van der Waals surface area contributed by atoms with Crippen molar-refractivity contribution in [2.24, 2.45) is 5.73 Å². The smallest absolute Gasteiger partial charge is 0.254 e. The lowest BCUT2D eigenvalue weighted by Gasteiger charge is -2.09. The molecule has 0 bridgehead atoms. The van der Waals surface area contributed by atoms with Crippen LogP contribution < -0.4 is 11.1 Å². The van der Waals surface area contributed by atoms with Gasteiger partial charge in [0.2, 0.25) is 0 Å². The van der Waals surface area contributed by atoms with Crippen molar-refractivity contribution >= 4 is 11.6 Å². The predicted molar refractivity (Wildman–Crippen MR) is 96.4 cm³/mol. The molecule has 2 rings (SSSR count). The summed E-state index contributed by atoms with van der Waals surface area (Å²) in [5, 5.41) is 16.9. The molecule has 2 aromatic rings. The third-order valence-electron chi connectivity index (χ3n) is 3.41. The van der Waals surface area contributed by atoms with E-state index in [4.69, 9.17) is 10.5 Å². The molecule has 7 heteroatoms. The van der Waals surface area contributed by atoms with Gasteiger partial charge in [-0.2, -0.15) is 5.10 Å². The third-order valence-corrected chi connectivity index (χ3v) is 3.41. The average molecular weight is 342 g/mol. The molecule has 0 saturated carbocycles. The number of carbonyl (C=O) groups excluding carboxylic acids is 1. The Kier molecular flexibility index (Phi) is 5.84. The number of phenolic OH excluding ortho intramolecular Hbond substituents is 1. The highest BCUT2D eigenvalue weighted by Crippen LogP contribution is 2.30. The Hall–Kier alpha value is -3.22. The maximum absolute atomic E-state index is 12.2. The van der Waals surface area contributed by atoms with E-state index in [0.717, 1.165) is 24.1 Å². The number of carbonyl (C=O) groups is 1. The standard InChI is InChI=1S/C18H22N4O3/c1-4-7-22-10-15(9-20-22)14-5-6-17(23)16(8-14)21-18(24)12(2)11-25-13(3)19/h5-6,8-11,23H,3-4,7,19H2,1-2H3,(H,21,24)/b12-11+. The molecular formula is C18H22N4O3. The van der Waals surface area contributed by atoms with Crippen LogP contribution in [0.3, 0.4) is 0 Å². The molecule has 0 spiro atoms. The molecule has 0 atom stereocenters. The number of rotatable bonds is 7. The second kappa shape index (κ2) is 8.05. The number of nitrogens with two attached hydrogens (primary N) is 1. The first kappa shape index (κ1) is 18.1. The fourth-order valence-electron chi connectivity index (χ4n) is 2.12. The zero-order valence-corrected chi connectivity index (χ0v) is 14.3. The molecule has 0 fully saturated rings. The Bertz CT molecular complexity index is 808. The average Bonchev–Trinajstić information content (AvgIpc) is 3.03. The number of benzene rings is 1. The molecule has 0 aliphatic rings. The van der Waals surface area contributed by atoms with Crippen LogP contribution in [-0.2, 0) is 16.1 Å². The molecular weight excluding hydrogens is 320 g/mol. The van der Waals surface area contributed by atoms with Crippen LogP contribution in [0.1, 0.15) is 20.3 Å².